The van der Waals surface area contributed by atoms with Gasteiger partial charge in [-0.25, -0.2) is 0 Å². The molecule has 1 aromatic rings. The molecule has 0 spiro atoms. The normalized spacial score (nSPS) is 18.2. The Hall–Kier alpha value is -0.750. The Kier molecular flexibility index (Phi) is 10.4. The summed E-state index contributed by atoms with van der Waals surface area (Å²) >= 11 is 1.73. The number of benzene rings is 1. The highest BCUT2D eigenvalue weighted by atomic mass is 35.5. The molecule has 6 heteroatoms. The number of likely N-dealkylation sites (tertiary alicyclic amines) is 1. The van der Waals surface area contributed by atoms with Crippen molar-refractivity contribution in [3.63, 3.8) is 0 Å². The number of carbonyl (C=O) groups is 1. The number of carbonyl (C=O) groups excluding carboxylic acids is 1. The monoisotopic (exact) mass is 372 g/mol. The number of nitrogens with zero attached hydrogens (tertiary/aromatic N) is 1. The smallest absolute Gasteiger partial charge is 0.239 e. The van der Waals surface area contributed by atoms with Crippen LogP contribution >= 0.6 is 24.2 Å². The van der Waals surface area contributed by atoms with Crippen LogP contribution in [-0.4, -0.2) is 54.7 Å². The van der Waals surface area contributed by atoms with Gasteiger partial charge in [-0.1, -0.05) is 30.3 Å². The highest BCUT2D eigenvalue weighted by Crippen LogP contribution is 2.15. The summed E-state index contributed by atoms with van der Waals surface area (Å²) in [7, 11) is 0. The number of rotatable bonds is 9. The lowest BCUT2D eigenvalue weighted by molar-refractivity contribution is -0.132. The van der Waals surface area contributed by atoms with Crippen LogP contribution in [0.25, 0.3) is 0 Å². The first-order valence-corrected chi connectivity index (χ1v) is 9.79. The quantitative estimate of drug-likeness (QED) is 0.677. The summed E-state index contributed by atoms with van der Waals surface area (Å²) < 4.78 is 5.93. The second-order valence-electron chi connectivity index (χ2n) is 6.04. The molecular formula is C18H29ClN2O2S. The van der Waals surface area contributed by atoms with Crippen molar-refractivity contribution in [2.45, 2.75) is 37.8 Å². The molecule has 2 N–H and O–H groups in total. The molecule has 0 aromatic heterocycles. The van der Waals surface area contributed by atoms with E-state index in [0.29, 0.717) is 6.54 Å². The molecule has 1 fully saturated rings. The number of nitrogens with two attached hydrogens (primary N) is 1. The third-order valence-electron chi connectivity index (χ3n) is 4.21. The van der Waals surface area contributed by atoms with Crippen LogP contribution in [0.15, 0.2) is 30.3 Å². The van der Waals surface area contributed by atoms with Gasteiger partial charge in [-0.3, -0.25) is 4.79 Å². The zero-order valence-electron chi connectivity index (χ0n) is 14.4. The van der Waals surface area contributed by atoms with Crippen molar-refractivity contribution < 1.29 is 9.53 Å². The SMILES string of the molecule is CSCC[C@H](N)C(=O)N1CCC(OCCCc2ccccc2)C1.Cl. The molecule has 1 amide bonds. The molecule has 24 heavy (non-hydrogen) atoms. The third-order valence-corrected chi connectivity index (χ3v) is 4.86. The van der Waals surface area contributed by atoms with Crippen LogP contribution in [0.4, 0.5) is 0 Å². The van der Waals surface area contributed by atoms with Gasteiger partial charge in [0.2, 0.25) is 5.91 Å². The minimum absolute atomic E-state index is 0. The first kappa shape index (κ1) is 21.3. The molecule has 1 aromatic carbocycles. The van der Waals surface area contributed by atoms with Crippen LogP contribution in [0.2, 0.25) is 0 Å². The van der Waals surface area contributed by atoms with Crippen LogP contribution in [0.5, 0.6) is 0 Å². The molecule has 0 saturated carbocycles. The van der Waals surface area contributed by atoms with Gasteiger partial charge in [0.1, 0.15) is 0 Å². The van der Waals surface area contributed by atoms with Crippen LogP contribution in [0, 0.1) is 0 Å². The predicted molar refractivity (Wildman–Crippen MR) is 104 cm³/mol. The van der Waals surface area contributed by atoms with Gasteiger partial charge in [0.25, 0.3) is 0 Å². The molecule has 1 aliphatic rings. The van der Waals surface area contributed by atoms with Crippen molar-refractivity contribution in [1.29, 1.82) is 0 Å². The standard InChI is InChI=1S/C18H28N2O2S.ClH/c1-23-13-10-17(19)18(21)20-11-9-16(14-20)22-12-5-8-15-6-3-2-4-7-15;/h2-4,6-7,16-17H,5,8-14,19H2,1H3;1H/t16?,17-;/m0./s1. The number of thioether (sulfide) groups is 1. The van der Waals surface area contributed by atoms with Crippen molar-refractivity contribution in [1.82, 2.24) is 4.90 Å². The average molecular weight is 373 g/mol. The molecule has 4 nitrogen and oxygen atoms in total. The summed E-state index contributed by atoms with van der Waals surface area (Å²) in [5.74, 6) is 1.01. The van der Waals surface area contributed by atoms with Gasteiger partial charge in [-0.15, -0.1) is 12.4 Å². The summed E-state index contributed by atoms with van der Waals surface area (Å²) in [5.41, 5.74) is 7.32. The Bertz CT molecular complexity index is 475. The molecule has 2 rings (SSSR count). The van der Waals surface area contributed by atoms with Gasteiger partial charge in [-0.05, 0) is 43.3 Å². The van der Waals surface area contributed by atoms with Crippen LogP contribution in [0.1, 0.15) is 24.8 Å². The topological polar surface area (TPSA) is 55.6 Å². The van der Waals surface area contributed by atoms with E-state index in [1.165, 1.54) is 5.56 Å². The van der Waals surface area contributed by atoms with Gasteiger partial charge in [0.05, 0.1) is 12.1 Å². The van der Waals surface area contributed by atoms with E-state index in [0.717, 1.165) is 44.6 Å². The van der Waals surface area contributed by atoms with Crippen molar-refractivity contribution in [3.05, 3.63) is 35.9 Å². The molecule has 136 valence electrons. The molecule has 0 bridgehead atoms. The lowest BCUT2D eigenvalue weighted by Crippen LogP contribution is -2.43. The van der Waals surface area contributed by atoms with E-state index in [1.54, 1.807) is 11.8 Å². The first-order valence-electron chi connectivity index (χ1n) is 8.39. The van der Waals surface area contributed by atoms with Gasteiger partial charge in [-0.2, -0.15) is 11.8 Å². The van der Waals surface area contributed by atoms with Crippen molar-refractivity contribution in [3.8, 4) is 0 Å². The molecule has 0 radical (unpaired) electrons. The van der Waals surface area contributed by atoms with E-state index in [2.05, 4.69) is 24.3 Å². The fourth-order valence-corrected chi connectivity index (χ4v) is 3.33. The fraction of sp³-hybridized carbons (Fsp3) is 0.611. The van der Waals surface area contributed by atoms with E-state index in [1.807, 2.05) is 17.2 Å². The van der Waals surface area contributed by atoms with Gasteiger partial charge in [0.15, 0.2) is 0 Å². The van der Waals surface area contributed by atoms with Gasteiger partial charge < -0.3 is 15.4 Å². The van der Waals surface area contributed by atoms with Crippen LogP contribution < -0.4 is 5.73 Å². The average Bonchev–Trinajstić information content (AvgIpc) is 3.05. The van der Waals surface area contributed by atoms with Gasteiger partial charge in [0, 0.05) is 19.7 Å². The van der Waals surface area contributed by atoms with E-state index >= 15 is 0 Å². The maximum Gasteiger partial charge on any atom is 0.239 e. The number of hydrogen-bond donors (Lipinski definition) is 1. The third kappa shape index (κ3) is 7.01. The highest BCUT2D eigenvalue weighted by Gasteiger charge is 2.29. The molecule has 1 unspecified atom stereocenters. The zero-order valence-corrected chi connectivity index (χ0v) is 16.0. The van der Waals surface area contributed by atoms with E-state index < -0.39 is 0 Å². The fourth-order valence-electron chi connectivity index (χ4n) is 2.84. The van der Waals surface area contributed by atoms with E-state index in [4.69, 9.17) is 10.5 Å². The summed E-state index contributed by atoms with van der Waals surface area (Å²) in [6.45, 7) is 2.21. The maximum atomic E-state index is 12.2. The highest BCUT2D eigenvalue weighted by molar-refractivity contribution is 7.98. The van der Waals surface area contributed by atoms with Crippen LogP contribution in [-0.2, 0) is 16.0 Å². The first-order chi connectivity index (χ1) is 11.2. The number of hydrogen-bond acceptors (Lipinski definition) is 4. The number of aryl methyl sites for hydroxylation is 1. The Balaban J connectivity index is 0.00000288. The summed E-state index contributed by atoms with van der Waals surface area (Å²) in [5, 5.41) is 0. The Morgan fingerprint density at radius 1 is 1.42 bits per heavy atom. The van der Waals surface area contributed by atoms with Crippen molar-refractivity contribution in [2.75, 3.05) is 31.7 Å². The Labute approximate surface area is 155 Å². The minimum atomic E-state index is -0.362. The summed E-state index contributed by atoms with van der Waals surface area (Å²) in [6.07, 6.45) is 5.93. The van der Waals surface area contributed by atoms with Gasteiger partial charge >= 0.3 is 0 Å². The lowest BCUT2D eigenvalue weighted by atomic mass is 10.1. The second-order valence-corrected chi connectivity index (χ2v) is 7.03. The second kappa shape index (κ2) is 11.7. The van der Waals surface area contributed by atoms with Crippen LogP contribution in [0.3, 0.4) is 0 Å². The van der Waals surface area contributed by atoms with E-state index in [-0.39, 0.29) is 30.5 Å². The van der Waals surface area contributed by atoms with E-state index in [9.17, 15) is 4.79 Å². The largest absolute Gasteiger partial charge is 0.376 e. The summed E-state index contributed by atoms with van der Waals surface area (Å²) in [4.78, 5) is 14.1. The minimum Gasteiger partial charge on any atom is -0.376 e. The maximum absolute atomic E-state index is 12.2. The zero-order chi connectivity index (χ0) is 16.5. The Morgan fingerprint density at radius 2 is 2.17 bits per heavy atom. The van der Waals surface area contributed by atoms with Crippen molar-refractivity contribution >= 4 is 30.1 Å². The number of amides is 1. The molecular weight excluding hydrogens is 344 g/mol. The molecule has 1 aliphatic heterocycles. The number of ether oxygens (including phenoxy) is 1. The molecule has 0 aliphatic carbocycles. The Morgan fingerprint density at radius 3 is 2.88 bits per heavy atom. The molecule has 1 heterocycles. The summed E-state index contributed by atoms with van der Waals surface area (Å²) in [6, 6.07) is 10.1. The van der Waals surface area contributed by atoms with Crippen molar-refractivity contribution in [2.24, 2.45) is 5.73 Å². The molecule has 1 saturated heterocycles. The molecule has 2 atom stereocenters. The predicted octanol–water partition coefficient (Wildman–Crippen LogP) is 2.74. The lowest BCUT2D eigenvalue weighted by Gasteiger charge is -2.20. The number of halogens is 1.